The van der Waals surface area contributed by atoms with Crippen LogP contribution in [0.1, 0.15) is 63.5 Å². The van der Waals surface area contributed by atoms with Crippen molar-refractivity contribution < 1.29 is 5.11 Å². The van der Waals surface area contributed by atoms with Crippen molar-refractivity contribution in [1.29, 1.82) is 0 Å². The van der Waals surface area contributed by atoms with Crippen molar-refractivity contribution in [1.82, 2.24) is 0 Å². The second-order valence-corrected chi connectivity index (χ2v) is 6.24. The highest BCUT2D eigenvalue weighted by Crippen LogP contribution is 2.49. The van der Waals surface area contributed by atoms with Crippen LogP contribution < -0.4 is 5.73 Å². The van der Waals surface area contributed by atoms with Gasteiger partial charge >= 0.3 is 0 Å². The zero-order valence-electron chi connectivity index (χ0n) is 13.0. The summed E-state index contributed by atoms with van der Waals surface area (Å²) in [6, 6.07) is 5.94. The fourth-order valence-corrected chi connectivity index (χ4v) is 4.32. The average Bonchev–Trinajstić information content (AvgIpc) is 2.48. The Hall–Kier alpha value is -1.02. The van der Waals surface area contributed by atoms with Gasteiger partial charge in [-0.05, 0) is 66.8 Å². The maximum Gasteiger partial charge on any atom is 0.115 e. The minimum absolute atomic E-state index is 0.186. The molecule has 2 atom stereocenters. The number of hydrogen-bond donors (Lipinski definition) is 2. The van der Waals surface area contributed by atoms with E-state index in [1.807, 2.05) is 12.1 Å². The monoisotopic (exact) mass is 275 g/mol. The van der Waals surface area contributed by atoms with Gasteiger partial charge in [-0.3, -0.25) is 0 Å². The Bertz CT molecular complexity index is 439. The zero-order valence-corrected chi connectivity index (χ0v) is 13.0. The summed E-state index contributed by atoms with van der Waals surface area (Å²) < 4.78 is 0. The summed E-state index contributed by atoms with van der Waals surface area (Å²) in [6.45, 7) is 5.24. The number of aromatic hydroxyl groups is 1. The Kier molecular flexibility index (Phi) is 5.09. The van der Waals surface area contributed by atoms with E-state index in [-0.39, 0.29) is 5.41 Å². The van der Waals surface area contributed by atoms with Crippen LogP contribution in [0.2, 0.25) is 0 Å². The van der Waals surface area contributed by atoms with Crippen molar-refractivity contribution in [3.05, 3.63) is 29.3 Å². The molecular weight excluding hydrogens is 246 g/mol. The summed E-state index contributed by atoms with van der Waals surface area (Å²) in [6.07, 6.45) is 8.42. The molecule has 0 saturated heterocycles. The molecule has 1 aromatic rings. The lowest BCUT2D eigenvalue weighted by molar-refractivity contribution is 0.166. The second-order valence-electron chi connectivity index (χ2n) is 6.24. The maximum atomic E-state index is 9.97. The van der Waals surface area contributed by atoms with Gasteiger partial charge < -0.3 is 10.8 Å². The van der Waals surface area contributed by atoms with Gasteiger partial charge in [0.05, 0.1) is 0 Å². The summed E-state index contributed by atoms with van der Waals surface area (Å²) in [5, 5.41) is 9.97. The van der Waals surface area contributed by atoms with Gasteiger partial charge in [0.25, 0.3) is 0 Å². The van der Waals surface area contributed by atoms with Crippen LogP contribution in [0.3, 0.4) is 0 Å². The summed E-state index contributed by atoms with van der Waals surface area (Å²) >= 11 is 0. The zero-order chi connectivity index (χ0) is 14.6. The molecule has 0 heterocycles. The quantitative estimate of drug-likeness (QED) is 0.848. The normalized spacial score (nSPS) is 26.6. The van der Waals surface area contributed by atoms with Gasteiger partial charge in [-0.25, -0.2) is 0 Å². The predicted molar refractivity (Wildman–Crippen MR) is 85.1 cm³/mol. The molecule has 112 valence electrons. The SMILES string of the molecule is CCc1ccc(O)cc1C1(CCN)CCCCC1CC. The van der Waals surface area contributed by atoms with Crippen LogP contribution in [-0.2, 0) is 11.8 Å². The van der Waals surface area contributed by atoms with E-state index in [0.717, 1.165) is 19.4 Å². The Morgan fingerprint density at radius 2 is 2.10 bits per heavy atom. The van der Waals surface area contributed by atoms with Gasteiger partial charge in [0.1, 0.15) is 5.75 Å². The molecule has 0 bridgehead atoms. The van der Waals surface area contributed by atoms with Crippen LogP contribution in [0.4, 0.5) is 0 Å². The van der Waals surface area contributed by atoms with Gasteiger partial charge in [-0.15, -0.1) is 0 Å². The van der Waals surface area contributed by atoms with Gasteiger partial charge in [-0.2, -0.15) is 0 Å². The number of nitrogens with two attached hydrogens (primary N) is 1. The molecule has 0 radical (unpaired) electrons. The van der Waals surface area contributed by atoms with E-state index in [4.69, 9.17) is 5.73 Å². The lowest BCUT2D eigenvalue weighted by atomic mass is 9.59. The standard InChI is InChI=1S/C18H29NO/c1-3-14-8-9-16(20)13-17(14)18(11-12-19)10-6-5-7-15(18)4-2/h8-9,13,15,20H,3-7,10-12,19H2,1-2H3. The van der Waals surface area contributed by atoms with Crippen LogP contribution in [0.25, 0.3) is 0 Å². The lowest BCUT2D eigenvalue weighted by Crippen LogP contribution is -2.40. The Labute approximate surface area is 123 Å². The Morgan fingerprint density at radius 3 is 2.75 bits per heavy atom. The van der Waals surface area contributed by atoms with Crippen molar-refractivity contribution in [2.75, 3.05) is 6.54 Å². The largest absolute Gasteiger partial charge is 0.508 e. The number of benzene rings is 1. The van der Waals surface area contributed by atoms with Gasteiger partial charge in [-0.1, -0.05) is 39.2 Å². The van der Waals surface area contributed by atoms with E-state index in [1.54, 1.807) is 0 Å². The average molecular weight is 275 g/mol. The van der Waals surface area contributed by atoms with E-state index >= 15 is 0 Å². The van der Waals surface area contributed by atoms with E-state index in [9.17, 15) is 5.11 Å². The minimum Gasteiger partial charge on any atom is -0.508 e. The van der Waals surface area contributed by atoms with Crippen LogP contribution in [-0.4, -0.2) is 11.7 Å². The lowest BCUT2D eigenvalue weighted by Gasteiger charge is -2.46. The molecule has 1 aliphatic rings. The van der Waals surface area contributed by atoms with Crippen molar-refractivity contribution in [2.45, 2.75) is 64.2 Å². The van der Waals surface area contributed by atoms with E-state index in [1.165, 1.54) is 43.2 Å². The number of hydrogen-bond acceptors (Lipinski definition) is 2. The van der Waals surface area contributed by atoms with Crippen LogP contribution in [0.5, 0.6) is 5.75 Å². The summed E-state index contributed by atoms with van der Waals surface area (Å²) in [7, 11) is 0. The molecular formula is C18H29NO. The van der Waals surface area contributed by atoms with E-state index in [2.05, 4.69) is 19.9 Å². The van der Waals surface area contributed by atoms with E-state index in [0.29, 0.717) is 11.7 Å². The van der Waals surface area contributed by atoms with Crippen LogP contribution in [0, 0.1) is 5.92 Å². The van der Waals surface area contributed by atoms with E-state index < -0.39 is 0 Å². The third-order valence-electron chi connectivity index (χ3n) is 5.30. The molecule has 0 aromatic heterocycles. The molecule has 1 fully saturated rings. The fraction of sp³-hybridized carbons (Fsp3) is 0.667. The molecule has 0 aliphatic heterocycles. The van der Waals surface area contributed by atoms with Crippen molar-refractivity contribution >= 4 is 0 Å². The number of phenolic OH excluding ortho intramolecular Hbond substituents is 1. The molecule has 2 nitrogen and oxygen atoms in total. The van der Waals surface area contributed by atoms with Crippen molar-refractivity contribution in [3.63, 3.8) is 0 Å². The van der Waals surface area contributed by atoms with Gasteiger partial charge in [0.2, 0.25) is 0 Å². The molecule has 0 amide bonds. The van der Waals surface area contributed by atoms with Crippen molar-refractivity contribution in [2.24, 2.45) is 11.7 Å². The number of rotatable bonds is 5. The molecule has 1 saturated carbocycles. The Morgan fingerprint density at radius 1 is 1.30 bits per heavy atom. The first-order valence-electron chi connectivity index (χ1n) is 8.20. The highest BCUT2D eigenvalue weighted by atomic mass is 16.3. The second kappa shape index (κ2) is 6.62. The predicted octanol–water partition coefficient (Wildman–Crippen LogP) is 4.14. The molecule has 3 N–H and O–H groups in total. The summed E-state index contributed by atoms with van der Waals surface area (Å²) in [5.74, 6) is 1.10. The van der Waals surface area contributed by atoms with Gasteiger partial charge in [0, 0.05) is 0 Å². The van der Waals surface area contributed by atoms with Crippen LogP contribution >= 0.6 is 0 Å². The molecule has 1 aliphatic carbocycles. The molecule has 2 heteroatoms. The first-order valence-corrected chi connectivity index (χ1v) is 8.20. The van der Waals surface area contributed by atoms with Gasteiger partial charge in [0.15, 0.2) is 0 Å². The Balaban J connectivity index is 2.53. The highest BCUT2D eigenvalue weighted by molar-refractivity contribution is 5.41. The first kappa shape index (κ1) is 15.4. The third-order valence-corrected chi connectivity index (χ3v) is 5.30. The molecule has 1 aromatic carbocycles. The van der Waals surface area contributed by atoms with Crippen molar-refractivity contribution in [3.8, 4) is 5.75 Å². The highest BCUT2D eigenvalue weighted by Gasteiger charge is 2.41. The fourth-order valence-electron chi connectivity index (χ4n) is 4.32. The van der Waals surface area contributed by atoms with Crippen LogP contribution in [0.15, 0.2) is 18.2 Å². The number of aryl methyl sites for hydroxylation is 1. The first-order chi connectivity index (χ1) is 9.67. The minimum atomic E-state index is 0.186. The number of phenols is 1. The molecule has 20 heavy (non-hydrogen) atoms. The maximum absolute atomic E-state index is 9.97. The summed E-state index contributed by atoms with van der Waals surface area (Å²) in [5.41, 5.74) is 8.91. The molecule has 0 spiro atoms. The molecule has 2 unspecified atom stereocenters. The molecule has 2 rings (SSSR count). The third kappa shape index (κ3) is 2.71. The summed E-state index contributed by atoms with van der Waals surface area (Å²) in [4.78, 5) is 0. The topological polar surface area (TPSA) is 46.2 Å². The smallest absolute Gasteiger partial charge is 0.115 e.